The molecule has 0 saturated carbocycles. The summed E-state index contributed by atoms with van der Waals surface area (Å²) in [7, 11) is 3.55. The molecule has 38 heavy (non-hydrogen) atoms. The van der Waals surface area contributed by atoms with E-state index in [0.717, 1.165) is 35.6 Å². The van der Waals surface area contributed by atoms with Gasteiger partial charge in [-0.2, -0.15) is 5.10 Å². The third-order valence-electron chi connectivity index (χ3n) is 7.73. The van der Waals surface area contributed by atoms with Gasteiger partial charge in [0, 0.05) is 61.5 Å². The van der Waals surface area contributed by atoms with Crippen molar-refractivity contribution in [1.82, 2.24) is 29.2 Å². The molecular weight excluding hydrogens is 490 g/mol. The monoisotopic (exact) mass is 520 g/mol. The predicted octanol–water partition coefficient (Wildman–Crippen LogP) is 5.25. The number of fused-ring (bicyclic) bond motifs is 2. The molecule has 1 aromatic carbocycles. The summed E-state index contributed by atoms with van der Waals surface area (Å²) in [6, 6.07) is 6.83. The van der Waals surface area contributed by atoms with Crippen LogP contribution >= 0.6 is 0 Å². The zero-order chi connectivity index (χ0) is 26.6. The second kappa shape index (κ2) is 9.58. The lowest BCUT2D eigenvalue weighted by molar-refractivity contribution is -0.136. The van der Waals surface area contributed by atoms with Crippen LogP contribution in [0.3, 0.4) is 0 Å². The molecule has 0 unspecified atom stereocenters. The summed E-state index contributed by atoms with van der Waals surface area (Å²) in [5.41, 5.74) is 3.64. The van der Waals surface area contributed by atoms with Gasteiger partial charge < -0.3 is 14.2 Å². The fourth-order valence-corrected chi connectivity index (χ4v) is 5.83. The lowest BCUT2D eigenvalue weighted by Gasteiger charge is -2.34. The molecule has 1 saturated heterocycles. The molecule has 198 valence electrons. The number of amides is 1. The molecule has 5 heterocycles. The molecule has 1 amide bonds. The molecule has 3 aromatic heterocycles. The molecule has 2 aliphatic heterocycles. The van der Waals surface area contributed by atoms with Crippen molar-refractivity contribution in [2.75, 3.05) is 20.3 Å². The first-order valence-electron chi connectivity index (χ1n) is 13.0. The van der Waals surface area contributed by atoms with Crippen LogP contribution < -0.4 is 0 Å². The largest absolute Gasteiger partial charge is 0.381 e. The number of benzene rings is 1. The quantitative estimate of drug-likeness (QED) is 0.359. The van der Waals surface area contributed by atoms with E-state index in [9.17, 15) is 13.6 Å². The van der Waals surface area contributed by atoms with Gasteiger partial charge in [-0.15, -0.1) is 0 Å². The zero-order valence-electron chi connectivity index (χ0n) is 21.7. The Labute approximate surface area is 219 Å². The number of ether oxygens (including phenoxy) is 1. The molecule has 0 bridgehead atoms. The van der Waals surface area contributed by atoms with Crippen molar-refractivity contribution in [3.63, 3.8) is 0 Å². The van der Waals surface area contributed by atoms with Gasteiger partial charge in [-0.1, -0.05) is 19.1 Å². The van der Waals surface area contributed by atoms with E-state index in [1.54, 1.807) is 42.1 Å². The van der Waals surface area contributed by atoms with Crippen LogP contribution in [0.2, 0.25) is 0 Å². The summed E-state index contributed by atoms with van der Waals surface area (Å²) < 4.78 is 38.0. The van der Waals surface area contributed by atoms with E-state index >= 15 is 0 Å². The number of rotatable bonds is 5. The van der Waals surface area contributed by atoms with Gasteiger partial charge in [0.05, 0.1) is 35.3 Å². The van der Waals surface area contributed by atoms with Crippen molar-refractivity contribution < 1.29 is 18.3 Å². The highest BCUT2D eigenvalue weighted by Crippen LogP contribution is 2.41. The summed E-state index contributed by atoms with van der Waals surface area (Å²) in [5.74, 6) is 1.12. The van der Waals surface area contributed by atoms with E-state index in [0.29, 0.717) is 42.6 Å². The summed E-state index contributed by atoms with van der Waals surface area (Å²) in [4.78, 5) is 24.7. The van der Waals surface area contributed by atoms with Crippen LogP contribution in [0.5, 0.6) is 0 Å². The van der Waals surface area contributed by atoms with Crippen LogP contribution in [-0.2, 0) is 23.1 Å². The van der Waals surface area contributed by atoms with Gasteiger partial charge in [0.1, 0.15) is 11.9 Å². The van der Waals surface area contributed by atoms with E-state index in [1.165, 1.54) is 0 Å². The molecule has 0 spiro atoms. The van der Waals surface area contributed by atoms with E-state index in [1.807, 2.05) is 25.1 Å². The maximum absolute atomic E-state index is 14.4. The summed E-state index contributed by atoms with van der Waals surface area (Å²) in [6.45, 7) is 3.72. The Kier molecular flexibility index (Phi) is 6.22. The van der Waals surface area contributed by atoms with Gasteiger partial charge in [0.25, 0.3) is 6.43 Å². The smallest absolute Gasteiger partial charge is 0.265 e. The standard InChI is InChI=1S/C28H30F2N6O2/c1-4-22-28(37)34(2)15-23-25(33-27(36(22)23)16-8-10-38-11-9-16)18-6-5-7-21-19(18)12-20(26(29)30)24(32-21)17-13-31-35(3)14-17/h5-7,12-14,16,22,26H,4,8-11,15H2,1-3H3/t22-/m0/s1. The number of hydrogen-bond donors (Lipinski definition) is 0. The zero-order valence-corrected chi connectivity index (χ0v) is 21.7. The molecule has 10 heteroatoms. The highest BCUT2D eigenvalue weighted by Gasteiger charge is 2.37. The van der Waals surface area contributed by atoms with Gasteiger partial charge >= 0.3 is 0 Å². The molecule has 1 fully saturated rings. The maximum atomic E-state index is 14.4. The Morgan fingerprint density at radius 1 is 1.13 bits per heavy atom. The number of carbonyl (C=O) groups excluding carboxylic acids is 1. The average molecular weight is 521 g/mol. The molecule has 0 aliphatic carbocycles. The average Bonchev–Trinajstić information content (AvgIpc) is 3.52. The molecule has 0 radical (unpaired) electrons. The van der Waals surface area contributed by atoms with E-state index in [4.69, 9.17) is 9.72 Å². The lowest BCUT2D eigenvalue weighted by Crippen LogP contribution is -2.41. The fraction of sp³-hybridized carbons (Fsp3) is 0.429. The van der Waals surface area contributed by atoms with Crippen molar-refractivity contribution in [1.29, 1.82) is 0 Å². The van der Waals surface area contributed by atoms with E-state index in [-0.39, 0.29) is 29.1 Å². The second-order valence-corrected chi connectivity index (χ2v) is 10.1. The molecule has 6 rings (SSSR count). The first-order valence-corrected chi connectivity index (χ1v) is 13.0. The first kappa shape index (κ1) is 24.7. The van der Waals surface area contributed by atoms with Gasteiger partial charge in [-0.25, -0.2) is 18.7 Å². The number of aromatic nitrogens is 5. The minimum absolute atomic E-state index is 0.0675. The molecule has 0 N–H and O–H groups in total. The number of pyridine rings is 1. The van der Waals surface area contributed by atoms with Crippen LogP contribution in [0.1, 0.15) is 61.7 Å². The number of carbonyl (C=O) groups is 1. The number of alkyl halides is 2. The number of halogens is 2. The van der Waals surface area contributed by atoms with Crippen molar-refractivity contribution >= 4 is 16.8 Å². The minimum Gasteiger partial charge on any atom is -0.381 e. The minimum atomic E-state index is -2.71. The van der Waals surface area contributed by atoms with Crippen molar-refractivity contribution in [2.45, 2.75) is 51.1 Å². The summed E-state index contributed by atoms with van der Waals surface area (Å²) in [5, 5.41) is 4.75. The molecule has 4 aromatic rings. The van der Waals surface area contributed by atoms with Gasteiger partial charge in [-0.3, -0.25) is 9.48 Å². The third kappa shape index (κ3) is 3.98. The lowest BCUT2D eigenvalue weighted by atomic mass is 9.98. The first-order chi connectivity index (χ1) is 18.4. The molecule has 8 nitrogen and oxygen atoms in total. The van der Waals surface area contributed by atoms with Crippen molar-refractivity contribution in [3.8, 4) is 22.5 Å². The SMILES string of the molecule is CC[C@H]1C(=O)N(C)Cc2c(-c3cccc4nc(-c5cnn(C)c5)c(C(F)F)cc34)nc(C3CCOCC3)n21. The van der Waals surface area contributed by atoms with Gasteiger partial charge in [-0.05, 0) is 31.4 Å². The van der Waals surface area contributed by atoms with Crippen molar-refractivity contribution in [3.05, 3.63) is 53.7 Å². The Morgan fingerprint density at radius 3 is 2.61 bits per heavy atom. The van der Waals surface area contributed by atoms with Crippen LogP contribution in [0.4, 0.5) is 8.78 Å². The molecular formula is C28H30F2N6O2. The topological polar surface area (TPSA) is 78.1 Å². The Bertz CT molecular complexity index is 1520. The van der Waals surface area contributed by atoms with Crippen LogP contribution in [0, 0.1) is 0 Å². The highest BCUT2D eigenvalue weighted by molar-refractivity contribution is 5.96. The van der Waals surface area contributed by atoms with Crippen molar-refractivity contribution in [2.24, 2.45) is 7.05 Å². The van der Waals surface area contributed by atoms with Crippen LogP contribution in [-0.4, -0.2) is 55.4 Å². The van der Waals surface area contributed by atoms with E-state index in [2.05, 4.69) is 14.6 Å². The number of likely N-dealkylation sites (N-methyl/N-ethyl adjacent to an activating group) is 1. The highest BCUT2D eigenvalue weighted by atomic mass is 19.3. The predicted molar refractivity (Wildman–Crippen MR) is 139 cm³/mol. The summed E-state index contributed by atoms with van der Waals surface area (Å²) in [6.07, 6.45) is 2.83. The Balaban J connectivity index is 1.59. The summed E-state index contributed by atoms with van der Waals surface area (Å²) >= 11 is 0. The van der Waals surface area contributed by atoms with Crippen LogP contribution in [0.15, 0.2) is 36.7 Å². The maximum Gasteiger partial charge on any atom is 0.265 e. The normalized spacial score (nSPS) is 18.5. The van der Waals surface area contributed by atoms with Gasteiger partial charge in [0.2, 0.25) is 5.91 Å². The Morgan fingerprint density at radius 2 is 1.92 bits per heavy atom. The molecule has 1 atom stereocenters. The third-order valence-corrected chi connectivity index (χ3v) is 7.73. The second-order valence-electron chi connectivity index (χ2n) is 10.1. The Hall–Kier alpha value is -3.66. The number of nitrogens with zero attached hydrogens (tertiary/aromatic N) is 6. The van der Waals surface area contributed by atoms with Crippen LogP contribution in [0.25, 0.3) is 33.4 Å². The number of hydrogen-bond acceptors (Lipinski definition) is 5. The fourth-order valence-electron chi connectivity index (χ4n) is 5.83. The number of aryl methyl sites for hydroxylation is 1. The van der Waals surface area contributed by atoms with Gasteiger partial charge in [0.15, 0.2) is 0 Å². The number of imidazole rings is 1. The molecule has 2 aliphatic rings. The van der Waals surface area contributed by atoms with E-state index < -0.39 is 6.43 Å².